The Hall–Kier alpha value is -1.06. The first-order valence-electron chi connectivity index (χ1n) is 7.12. The van der Waals surface area contributed by atoms with E-state index in [-0.39, 0.29) is 12.6 Å². The molecule has 0 radical (unpaired) electrons. The molecule has 1 unspecified atom stereocenters. The van der Waals surface area contributed by atoms with E-state index in [2.05, 4.69) is 45.1 Å². The van der Waals surface area contributed by atoms with Crippen LogP contribution in [0.5, 0.6) is 5.75 Å². The molecule has 1 rings (SSSR count). The molecule has 1 aromatic rings. The third kappa shape index (κ3) is 6.08. The van der Waals surface area contributed by atoms with Crippen LogP contribution in [0.3, 0.4) is 0 Å². The van der Waals surface area contributed by atoms with Crippen molar-refractivity contribution < 1.29 is 9.84 Å². The predicted molar refractivity (Wildman–Crippen MR) is 79.8 cm³/mol. The first-order valence-corrected chi connectivity index (χ1v) is 7.12. The van der Waals surface area contributed by atoms with Gasteiger partial charge in [-0.25, -0.2) is 0 Å². The minimum absolute atomic E-state index is 0.105. The van der Waals surface area contributed by atoms with Gasteiger partial charge in [-0.1, -0.05) is 39.8 Å². The number of aliphatic hydroxyl groups excluding tert-OH is 1. The molecule has 0 amide bonds. The standard InChI is InChI=1S/C16H27NO2/c1-12(2)14-6-5-7-16(10-14)19-9-8-15(11-18)17-13(3)4/h5-7,10,12-13,15,17-18H,8-9,11H2,1-4H3. The summed E-state index contributed by atoms with van der Waals surface area (Å²) in [6.07, 6.45) is 0.806. The number of aliphatic hydroxyl groups is 1. The Kier molecular flexibility index (Phi) is 6.89. The fraction of sp³-hybridized carbons (Fsp3) is 0.625. The molecule has 0 saturated heterocycles. The van der Waals surface area contributed by atoms with Gasteiger partial charge in [0.2, 0.25) is 0 Å². The van der Waals surface area contributed by atoms with Crippen molar-refractivity contribution in [1.82, 2.24) is 5.32 Å². The molecule has 0 spiro atoms. The maximum atomic E-state index is 9.27. The third-order valence-electron chi connectivity index (χ3n) is 3.05. The summed E-state index contributed by atoms with van der Waals surface area (Å²) in [5.74, 6) is 1.42. The van der Waals surface area contributed by atoms with E-state index < -0.39 is 0 Å². The Bertz CT molecular complexity index is 364. The van der Waals surface area contributed by atoms with Crippen molar-refractivity contribution >= 4 is 0 Å². The quantitative estimate of drug-likeness (QED) is 0.759. The van der Waals surface area contributed by atoms with Crippen molar-refractivity contribution in [3.8, 4) is 5.75 Å². The minimum atomic E-state index is 0.105. The molecule has 2 N–H and O–H groups in total. The summed E-state index contributed by atoms with van der Waals surface area (Å²) >= 11 is 0. The van der Waals surface area contributed by atoms with Crippen molar-refractivity contribution in [1.29, 1.82) is 0 Å². The first-order chi connectivity index (χ1) is 9.02. The van der Waals surface area contributed by atoms with E-state index in [0.717, 1.165) is 12.2 Å². The number of rotatable bonds is 8. The summed E-state index contributed by atoms with van der Waals surface area (Å²) in [6, 6.07) is 8.70. The Morgan fingerprint density at radius 3 is 2.53 bits per heavy atom. The maximum Gasteiger partial charge on any atom is 0.119 e. The Morgan fingerprint density at radius 1 is 1.21 bits per heavy atom. The molecular weight excluding hydrogens is 238 g/mol. The summed E-state index contributed by atoms with van der Waals surface area (Å²) in [6.45, 7) is 9.27. The van der Waals surface area contributed by atoms with Crippen LogP contribution in [0.1, 0.15) is 45.6 Å². The second-order valence-electron chi connectivity index (χ2n) is 5.57. The van der Waals surface area contributed by atoms with E-state index in [1.165, 1.54) is 5.56 Å². The lowest BCUT2D eigenvalue weighted by atomic mass is 10.0. The zero-order chi connectivity index (χ0) is 14.3. The lowest BCUT2D eigenvalue weighted by molar-refractivity contribution is 0.202. The fourth-order valence-corrected chi connectivity index (χ4v) is 1.98. The molecule has 3 nitrogen and oxygen atoms in total. The molecule has 0 fully saturated rings. The van der Waals surface area contributed by atoms with Gasteiger partial charge < -0.3 is 15.2 Å². The molecule has 0 aromatic heterocycles. The van der Waals surface area contributed by atoms with Crippen LogP contribution in [0.4, 0.5) is 0 Å². The van der Waals surface area contributed by atoms with Gasteiger partial charge in [0.05, 0.1) is 13.2 Å². The van der Waals surface area contributed by atoms with Gasteiger partial charge in [0.1, 0.15) is 5.75 Å². The normalized spacial score (nSPS) is 13.0. The minimum Gasteiger partial charge on any atom is -0.494 e. The van der Waals surface area contributed by atoms with Gasteiger partial charge in [0.15, 0.2) is 0 Å². The number of hydrogen-bond donors (Lipinski definition) is 2. The van der Waals surface area contributed by atoms with E-state index in [1.54, 1.807) is 0 Å². The summed E-state index contributed by atoms with van der Waals surface area (Å²) < 4.78 is 5.76. The van der Waals surface area contributed by atoms with Crippen molar-refractivity contribution in [3.63, 3.8) is 0 Å². The largest absolute Gasteiger partial charge is 0.494 e. The van der Waals surface area contributed by atoms with Crippen molar-refractivity contribution in [2.45, 2.75) is 52.1 Å². The average Bonchev–Trinajstić information content (AvgIpc) is 2.37. The van der Waals surface area contributed by atoms with Gasteiger partial charge in [-0.15, -0.1) is 0 Å². The molecule has 0 bridgehead atoms. The van der Waals surface area contributed by atoms with Gasteiger partial charge in [0, 0.05) is 12.1 Å². The van der Waals surface area contributed by atoms with Crippen molar-refractivity contribution in [2.75, 3.05) is 13.2 Å². The van der Waals surface area contributed by atoms with E-state index in [1.807, 2.05) is 12.1 Å². The molecule has 19 heavy (non-hydrogen) atoms. The van der Waals surface area contributed by atoms with Crippen molar-refractivity contribution in [2.24, 2.45) is 0 Å². The number of nitrogens with one attached hydrogen (secondary N) is 1. The second-order valence-corrected chi connectivity index (χ2v) is 5.57. The highest BCUT2D eigenvalue weighted by Crippen LogP contribution is 2.20. The first kappa shape index (κ1) is 16.0. The monoisotopic (exact) mass is 265 g/mol. The molecule has 108 valence electrons. The summed E-state index contributed by atoms with van der Waals surface area (Å²) in [5.41, 5.74) is 1.29. The van der Waals surface area contributed by atoms with Crippen LogP contribution in [0.15, 0.2) is 24.3 Å². The zero-order valence-electron chi connectivity index (χ0n) is 12.5. The Labute approximate surface area is 117 Å². The van der Waals surface area contributed by atoms with Gasteiger partial charge in [-0.2, -0.15) is 0 Å². The Balaban J connectivity index is 2.41. The van der Waals surface area contributed by atoms with E-state index in [9.17, 15) is 5.11 Å². The van der Waals surface area contributed by atoms with Gasteiger partial charge in [-0.05, 0) is 30.0 Å². The average molecular weight is 265 g/mol. The number of benzene rings is 1. The second kappa shape index (κ2) is 8.18. The van der Waals surface area contributed by atoms with Crippen LogP contribution >= 0.6 is 0 Å². The third-order valence-corrected chi connectivity index (χ3v) is 3.05. The van der Waals surface area contributed by atoms with Crippen LogP contribution in [0.2, 0.25) is 0 Å². The fourth-order valence-electron chi connectivity index (χ4n) is 1.98. The summed E-state index contributed by atoms with van der Waals surface area (Å²) in [7, 11) is 0. The van der Waals surface area contributed by atoms with Gasteiger partial charge >= 0.3 is 0 Å². The zero-order valence-corrected chi connectivity index (χ0v) is 12.5. The molecule has 1 aromatic carbocycles. The smallest absolute Gasteiger partial charge is 0.119 e. The SMILES string of the molecule is CC(C)NC(CO)CCOc1cccc(C(C)C)c1. The van der Waals surface area contributed by atoms with Crippen LogP contribution < -0.4 is 10.1 Å². The van der Waals surface area contributed by atoms with E-state index in [0.29, 0.717) is 18.6 Å². The van der Waals surface area contributed by atoms with Crippen LogP contribution in [0, 0.1) is 0 Å². The highest BCUT2D eigenvalue weighted by atomic mass is 16.5. The predicted octanol–water partition coefficient (Wildman–Crippen LogP) is 2.94. The molecular formula is C16H27NO2. The number of ether oxygens (including phenoxy) is 1. The molecule has 0 aliphatic carbocycles. The lowest BCUT2D eigenvalue weighted by Gasteiger charge is -2.19. The molecule has 0 saturated carbocycles. The van der Waals surface area contributed by atoms with Gasteiger partial charge in [0.25, 0.3) is 0 Å². The van der Waals surface area contributed by atoms with Crippen LogP contribution in [0.25, 0.3) is 0 Å². The molecule has 0 heterocycles. The topological polar surface area (TPSA) is 41.5 Å². The maximum absolute atomic E-state index is 9.27. The highest BCUT2D eigenvalue weighted by molar-refractivity contribution is 5.30. The van der Waals surface area contributed by atoms with E-state index >= 15 is 0 Å². The summed E-state index contributed by atoms with van der Waals surface area (Å²) in [5, 5.41) is 12.6. The molecule has 3 heteroatoms. The Morgan fingerprint density at radius 2 is 1.95 bits per heavy atom. The van der Waals surface area contributed by atoms with Crippen molar-refractivity contribution in [3.05, 3.63) is 29.8 Å². The van der Waals surface area contributed by atoms with Crippen LogP contribution in [-0.4, -0.2) is 30.4 Å². The van der Waals surface area contributed by atoms with Gasteiger partial charge in [-0.3, -0.25) is 0 Å². The highest BCUT2D eigenvalue weighted by Gasteiger charge is 2.08. The molecule has 0 aliphatic rings. The van der Waals surface area contributed by atoms with E-state index in [4.69, 9.17) is 4.74 Å². The summed E-state index contributed by atoms with van der Waals surface area (Å²) in [4.78, 5) is 0. The molecule has 1 atom stereocenters. The lowest BCUT2D eigenvalue weighted by Crippen LogP contribution is -2.38. The van der Waals surface area contributed by atoms with Crippen LogP contribution in [-0.2, 0) is 0 Å². The number of hydrogen-bond acceptors (Lipinski definition) is 3. The molecule has 0 aliphatic heterocycles.